The Morgan fingerprint density at radius 1 is 1.75 bits per heavy atom. The normalized spacial score (nSPS) is 28.8. The summed E-state index contributed by atoms with van der Waals surface area (Å²) in [5, 5.41) is 5.84. The third-order valence-corrected chi connectivity index (χ3v) is 2.23. The second-order valence-corrected chi connectivity index (χ2v) is 3.08. The zero-order chi connectivity index (χ0) is 8.97. The van der Waals surface area contributed by atoms with Gasteiger partial charge in [-0.05, 0) is 6.42 Å². The van der Waals surface area contributed by atoms with Gasteiger partial charge in [-0.15, -0.1) is 0 Å². The monoisotopic (exact) mass is 172 g/mol. The molecule has 0 radical (unpaired) electrons. The van der Waals surface area contributed by atoms with E-state index < -0.39 is 0 Å². The summed E-state index contributed by atoms with van der Waals surface area (Å²) in [6.45, 7) is 0.859. The second-order valence-electron chi connectivity index (χ2n) is 3.08. The lowest BCUT2D eigenvalue weighted by molar-refractivity contribution is -0.121. The molecule has 1 heterocycles. The molecular weight excluding hydrogens is 156 g/mol. The molecule has 0 aromatic rings. The van der Waals surface area contributed by atoms with Crippen molar-refractivity contribution in [2.45, 2.75) is 25.0 Å². The third kappa shape index (κ3) is 2.46. The molecule has 2 atom stereocenters. The Labute approximate surface area is 72.7 Å². The summed E-state index contributed by atoms with van der Waals surface area (Å²) in [6.07, 6.45) is 1.76. The number of ether oxygens (including phenoxy) is 1. The Bertz CT molecular complexity index is 161. The van der Waals surface area contributed by atoms with E-state index in [-0.39, 0.29) is 18.1 Å². The fraction of sp³-hybridized carbons (Fsp3) is 0.875. The van der Waals surface area contributed by atoms with Crippen LogP contribution in [0.2, 0.25) is 0 Å². The standard InChI is InChI=1S/C8H16N2O2/c1-9-8(11)4-6-3-7(12-2)5-10-6/h6-7,10H,3-5H2,1-2H3,(H,9,11)/t6-,7-/m0/s1. The first-order valence-electron chi connectivity index (χ1n) is 4.23. The topological polar surface area (TPSA) is 50.4 Å². The van der Waals surface area contributed by atoms with Crippen LogP contribution < -0.4 is 10.6 Å². The first-order chi connectivity index (χ1) is 5.76. The number of amides is 1. The maximum atomic E-state index is 11.0. The lowest BCUT2D eigenvalue weighted by Gasteiger charge is -2.08. The average Bonchev–Trinajstić information content (AvgIpc) is 2.52. The summed E-state index contributed by atoms with van der Waals surface area (Å²) in [5.41, 5.74) is 0. The van der Waals surface area contributed by atoms with E-state index in [0.717, 1.165) is 13.0 Å². The Kier molecular flexibility index (Phi) is 3.49. The molecule has 2 N–H and O–H groups in total. The van der Waals surface area contributed by atoms with Crippen LogP contribution in [-0.2, 0) is 9.53 Å². The van der Waals surface area contributed by atoms with E-state index in [1.807, 2.05) is 0 Å². The predicted octanol–water partition coefficient (Wildman–Crippen LogP) is -0.501. The van der Waals surface area contributed by atoms with Crippen LogP contribution in [-0.4, -0.2) is 38.8 Å². The van der Waals surface area contributed by atoms with Gasteiger partial charge in [0.05, 0.1) is 6.10 Å². The van der Waals surface area contributed by atoms with Gasteiger partial charge in [0.1, 0.15) is 0 Å². The van der Waals surface area contributed by atoms with Crippen LogP contribution in [0.5, 0.6) is 0 Å². The number of nitrogens with one attached hydrogen (secondary N) is 2. The highest BCUT2D eigenvalue weighted by Gasteiger charge is 2.24. The van der Waals surface area contributed by atoms with Crippen molar-refractivity contribution in [3.05, 3.63) is 0 Å². The van der Waals surface area contributed by atoms with Gasteiger partial charge in [0.25, 0.3) is 0 Å². The zero-order valence-corrected chi connectivity index (χ0v) is 7.59. The van der Waals surface area contributed by atoms with Crippen molar-refractivity contribution in [3.8, 4) is 0 Å². The van der Waals surface area contributed by atoms with E-state index in [1.54, 1.807) is 14.2 Å². The van der Waals surface area contributed by atoms with Crippen molar-refractivity contribution in [2.75, 3.05) is 20.7 Å². The fourth-order valence-electron chi connectivity index (χ4n) is 1.44. The molecule has 0 saturated carbocycles. The molecule has 0 aromatic carbocycles. The molecule has 0 unspecified atom stereocenters. The summed E-state index contributed by atoms with van der Waals surface area (Å²) in [4.78, 5) is 11.0. The Morgan fingerprint density at radius 2 is 2.50 bits per heavy atom. The molecule has 0 aromatic heterocycles. The second kappa shape index (κ2) is 4.42. The molecule has 1 amide bonds. The van der Waals surface area contributed by atoms with E-state index in [0.29, 0.717) is 6.42 Å². The number of methoxy groups -OCH3 is 1. The molecule has 0 aliphatic carbocycles. The van der Waals surface area contributed by atoms with Gasteiger partial charge >= 0.3 is 0 Å². The summed E-state index contributed by atoms with van der Waals surface area (Å²) in [5.74, 6) is 0.0873. The molecule has 4 nitrogen and oxygen atoms in total. The minimum absolute atomic E-state index is 0.0873. The van der Waals surface area contributed by atoms with E-state index in [9.17, 15) is 4.79 Å². The molecule has 0 bridgehead atoms. The minimum Gasteiger partial charge on any atom is -0.380 e. The van der Waals surface area contributed by atoms with Gasteiger partial charge in [0.15, 0.2) is 0 Å². The zero-order valence-electron chi connectivity index (χ0n) is 7.59. The highest BCUT2D eigenvalue weighted by molar-refractivity contribution is 5.76. The molecule has 0 spiro atoms. The molecular formula is C8H16N2O2. The van der Waals surface area contributed by atoms with Crippen molar-refractivity contribution in [3.63, 3.8) is 0 Å². The molecule has 70 valence electrons. The van der Waals surface area contributed by atoms with Crippen LogP contribution in [0.15, 0.2) is 0 Å². The van der Waals surface area contributed by atoms with Crippen LogP contribution in [0.1, 0.15) is 12.8 Å². The molecule has 1 fully saturated rings. The smallest absolute Gasteiger partial charge is 0.221 e. The SMILES string of the molecule is CNC(=O)C[C@@H]1C[C@H](OC)CN1. The lowest BCUT2D eigenvalue weighted by atomic mass is 10.1. The highest BCUT2D eigenvalue weighted by Crippen LogP contribution is 2.11. The summed E-state index contributed by atoms with van der Waals surface area (Å²) in [7, 11) is 3.36. The Hall–Kier alpha value is -0.610. The van der Waals surface area contributed by atoms with Crippen molar-refractivity contribution >= 4 is 5.91 Å². The van der Waals surface area contributed by atoms with E-state index in [4.69, 9.17) is 4.74 Å². The molecule has 1 saturated heterocycles. The van der Waals surface area contributed by atoms with Crippen LogP contribution >= 0.6 is 0 Å². The van der Waals surface area contributed by atoms with Gasteiger partial charge in [-0.25, -0.2) is 0 Å². The first-order valence-corrected chi connectivity index (χ1v) is 4.23. The van der Waals surface area contributed by atoms with E-state index in [2.05, 4.69) is 10.6 Å². The molecule has 12 heavy (non-hydrogen) atoms. The van der Waals surface area contributed by atoms with Gasteiger partial charge in [-0.2, -0.15) is 0 Å². The number of hydrogen-bond acceptors (Lipinski definition) is 3. The van der Waals surface area contributed by atoms with E-state index >= 15 is 0 Å². The van der Waals surface area contributed by atoms with Gasteiger partial charge in [0.2, 0.25) is 5.91 Å². The number of carbonyl (C=O) groups excluding carboxylic acids is 1. The van der Waals surface area contributed by atoms with Crippen LogP contribution in [0.3, 0.4) is 0 Å². The lowest BCUT2D eigenvalue weighted by Crippen LogP contribution is -2.29. The number of hydrogen-bond donors (Lipinski definition) is 2. The molecule has 1 aliphatic heterocycles. The van der Waals surface area contributed by atoms with Crippen molar-refractivity contribution in [1.29, 1.82) is 0 Å². The summed E-state index contributed by atoms with van der Waals surface area (Å²) in [6, 6.07) is 0.287. The van der Waals surface area contributed by atoms with Crippen LogP contribution in [0.4, 0.5) is 0 Å². The minimum atomic E-state index is 0.0873. The largest absolute Gasteiger partial charge is 0.380 e. The maximum absolute atomic E-state index is 11.0. The molecule has 1 rings (SSSR count). The van der Waals surface area contributed by atoms with Gasteiger partial charge in [-0.1, -0.05) is 0 Å². The predicted molar refractivity (Wildman–Crippen MR) is 45.9 cm³/mol. The first kappa shape index (κ1) is 9.48. The Balaban J connectivity index is 2.23. The third-order valence-electron chi connectivity index (χ3n) is 2.23. The number of rotatable bonds is 3. The number of carbonyl (C=O) groups is 1. The van der Waals surface area contributed by atoms with Gasteiger partial charge in [0, 0.05) is 33.2 Å². The van der Waals surface area contributed by atoms with E-state index in [1.165, 1.54) is 0 Å². The van der Waals surface area contributed by atoms with Crippen molar-refractivity contribution < 1.29 is 9.53 Å². The fourth-order valence-corrected chi connectivity index (χ4v) is 1.44. The molecule has 4 heteroatoms. The van der Waals surface area contributed by atoms with Crippen LogP contribution in [0.25, 0.3) is 0 Å². The summed E-state index contributed by atoms with van der Waals surface area (Å²) >= 11 is 0. The van der Waals surface area contributed by atoms with Crippen molar-refractivity contribution in [1.82, 2.24) is 10.6 Å². The van der Waals surface area contributed by atoms with Crippen LogP contribution in [0, 0.1) is 0 Å². The van der Waals surface area contributed by atoms with Gasteiger partial charge in [-0.3, -0.25) is 4.79 Å². The quantitative estimate of drug-likeness (QED) is 0.603. The maximum Gasteiger partial charge on any atom is 0.221 e. The van der Waals surface area contributed by atoms with Crippen molar-refractivity contribution in [2.24, 2.45) is 0 Å². The highest BCUT2D eigenvalue weighted by atomic mass is 16.5. The van der Waals surface area contributed by atoms with Gasteiger partial charge < -0.3 is 15.4 Å². The summed E-state index contributed by atoms with van der Waals surface area (Å²) < 4.78 is 5.16. The Morgan fingerprint density at radius 3 is 3.00 bits per heavy atom. The molecule has 1 aliphatic rings. The average molecular weight is 172 g/mol.